The Labute approximate surface area is 277 Å². The van der Waals surface area contributed by atoms with Gasteiger partial charge in [-0.1, -0.05) is 23.7 Å². The first kappa shape index (κ1) is 33.8. The van der Waals surface area contributed by atoms with Gasteiger partial charge in [0.15, 0.2) is 5.82 Å². The Morgan fingerprint density at radius 2 is 1.67 bits per heavy atom. The molecule has 2 aromatic carbocycles. The maximum atomic E-state index is 12.8. The van der Waals surface area contributed by atoms with Gasteiger partial charge in [0.05, 0.1) is 24.7 Å². The number of halogens is 1. The Balaban J connectivity index is 1.19. The first-order chi connectivity index (χ1) is 21.8. The van der Waals surface area contributed by atoms with Crippen molar-refractivity contribution in [2.24, 2.45) is 0 Å². The second kappa shape index (κ2) is 14.1. The molecule has 5 rings (SSSR count). The number of carbonyl (C=O) groups is 1. The van der Waals surface area contributed by atoms with E-state index in [0.29, 0.717) is 47.4 Å². The Morgan fingerprint density at radius 3 is 2.33 bits per heavy atom. The number of nitrogens with zero attached hydrogens (tertiary/aromatic N) is 5. The maximum absolute atomic E-state index is 12.8. The highest BCUT2D eigenvalue weighted by Crippen LogP contribution is 2.39. The summed E-state index contributed by atoms with van der Waals surface area (Å²) in [5.74, 6) is 1.43. The largest absolute Gasteiger partial charge is 0.494 e. The molecule has 2 saturated heterocycles. The smallest absolute Gasteiger partial charge is 0.410 e. The van der Waals surface area contributed by atoms with Crippen molar-refractivity contribution in [3.8, 4) is 5.75 Å². The van der Waals surface area contributed by atoms with Crippen LogP contribution in [-0.2, 0) is 9.30 Å². The van der Waals surface area contributed by atoms with Crippen molar-refractivity contribution >= 4 is 59.0 Å². The summed E-state index contributed by atoms with van der Waals surface area (Å²) in [6.45, 7) is 14.2. The summed E-state index contributed by atoms with van der Waals surface area (Å²) in [6, 6.07) is 14.0. The molecule has 2 aliphatic heterocycles. The number of ether oxygens (including phenoxy) is 2. The summed E-state index contributed by atoms with van der Waals surface area (Å²) in [7, 11) is -0.882. The van der Waals surface area contributed by atoms with Crippen molar-refractivity contribution < 1.29 is 18.8 Å². The Kier molecular flexibility index (Phi) is 10.3. The van der Waals surface area contributed by atoms with Crippen LogP contribution >= 0.6 is 18.7 Å². The number of methoxy groups -OCH3 is 1. The average molecular weight is 670 g/mol. The number of piperazine rings is 1. The number of nitrogens with one attached hydrogen (secondary N) is 2. The number of hydrogen-bond acceptors (Lipinski definition) is 10. The number of rotatable bonds is 8. The van der Waals surface area contributed by atoms with Gasteiger partial charge in [0.1, 0.15) is 23.5 Å². The SMILES string of the molecule is COc1cc(N2CCC(N3CCN(C(=O)OC(C)(C)C)CC3)CC2)ccc1Nc1ncc(Cl)c(Nc2ccccc2P(C)(C)=O)n1. The third-order valence-corrected chi connectivity index (χ3v) is 10.1. The van der Waals surface area contributed by atoms with Crippen molar-refractivity contribution in [2.45, 2.75) is 45.3 Å². The fraction of sp³-hybridized carbons (Fsp3) is 0.485. The van der Waals surface area contributed by atoms with Gasteiger partial charge in [-0.25, -0.2) is 9.78 Å². The summed E-state index contributed by atoms with van der Waals surface area (Å²) in [4.78, 5) is 28.1. The van der Waals surface area contributed by atoms with E-state index >= 15 is 0 Å². The van der Waals surface area contributed by atoms with Crippen LogP contribution < -0.4 is 25.6 Å². The zero-order valence-corrected chi connectivity index (χ0v) is 29.2. The lowest BCUT2D eigenvalue weighted by molar-refractivity contribution is 0.00901. The molecule has 13 heteroatoms. The zero-order valence-electron chi connectivity index (χ0n) is 27.5. The highest BCUT2D eigenvalue weighted by Gasteiger charge is 2.31. The fourth-order valence-corrected chi connectivity index (χ4v) is 7.17. The van der Waals surface area contributed by atoms with Crippen molar-refractivity contribution in [3.05, 3.63) is 53.7 Å². The predicted octanol–water partition coefficient (Wildman–Crippen LogP) is 6.40. The molecule has 0 unspecified atom stereocenters. The molecule has 2 fully saturated rings. The fourth-order valence-electron chi connectivity index (χ4n) is 5.88. The minimum absolute atomic E-state index is 0.222. The van der Waals surface area contributed by atoms with Crippen LogP contribution in [0.1, 0.15) is 33.6 Å². The molecule has 3 heterocycles. The first-order valence-corrected chi connectivity index (χ1v) is 18.6. The monoisotopic (exact) mass is 669 g/mol. The van der Waals surface area contributed by atoms with E-state index in [9.17, 15) is 9.36 Å². The van der Waals surface area contributed by atoms with Crippen LogP contribution in [0, 0.1) is 0 Å². The van der Waals surface area contributed by atoms with Gasteiger partial charge in [-0.15, -0.1) is 0 Å². The number of carbonyl (C=O) groups excluding carboxylic acids is 1. The van der Waals surface area contributed by atoms with Gasteiger partial charge in [0, 0.05) is 62.4 Å². The molecule has 0 radical (unpaired) electrons. The van der Waals surface area contributed by atoms with Crippen LogP contribution in [0.5, 0.6) is 5.75 Å². The molecule has 0 spiro atoms. The number of aromatic nitrogens is 2. The standard InChI is InChI=1S/C33H45ClN7O4P/c1-33(2,3)45-32(42)41-19-17-40(18-20-41)23-13-15-39(16-14-23)24-11-12-26(28(21-24)44-4)37-31-35-22-25(34)30(38-31)36-27-9-7-8-10-29(27)46(5,6)43/h7-12,21-23H,13-20H2,1-6H3,(H2,35,36,37,38). The number of hydrogen-bond donors (Lipinski definition) is 2. The highest BCUT2D eigenvalue weighted by molar-refractivity contribution is 7.70. The first-order valence-electron chi connectivity index (χ1n) is 15.7. The van der Waals surface area contributed by atoms with E-state index in [1.54, 1.807) is 20.4 Å². The van der Waals surface area contributed by atoms with E-state index in [0.717, 1.165) is 55.7 Å². The van der Waals surface area contributed by atoms with Gasteiger partial charge in [0.25, 0.3) is 0 Å². The maximum Gasteiger partial charge on any atom is 0.410 e. The van der Waals surface area contributed by atoms with E-state index in [2.05, 4.69) is 36.5 Å². The van der Waals surface area contributed by atoms with Crippen LogP contribution in [-0.4, -0.2) is 97.2 Å². The van der Waals surface area contributed by atoms with Crippen molar-refractivity contribution in [1.29, 1.82) is 0 Å². The Hall–Kier alpha value is -3.53. The number of anilines is 5. The zero-order chi connectivity index (χ0) is 33.1. The lowest BCUT2D eigenvalue weighted by atomic mass is 10.0. The number of piperidine rings is 1. The number of para-hydroxylation sites is 1. The molecule has 1 amide bonds. The van der Waals surface area contributed by atoms with Crippen LogP contribution in [0.3, 0.4) is 0 Å². The van der Waals surface area contributed by atoms with E-state index in [4.69, 9.17) is 21.1 Å². The molecule has 0 aliphatic carbocycles. The third-order valence-electron chi connectivity index (χ3n) is 8.22. The normalized spacial score (nSPS) is 16.7. The van der Waals surface area contributed by atoms with Gasteiger partial charge < -0.3 is 34.5 Å². The van der Waals surface area contributed by atoms with Gasteiger partial charge >= 0.3 is 6.09 Å². The molecule has 0 atom stereocenters. The molecular weight excluding hydrogens is 625 g/mol. The van der Waals surface area contributed by atoms with E-state index in [1.165, 1.54) is 6.20 Å². The van der Waals surface area contributed by atoms with E-state index < -0.39 is 12.7 Å². The minimum Gasteiger partial charge on any atom is -0.494 e. The molecule has 1 aromatic heterocycles. The molecule has 11 nitrogen and oxygen atoms in total. The molecule has 2 aliphatic rings. The summed E-state index contributed by atoms with van der Waals surface area (Å²) in [6.07, 6.45) is 3.41. The molecule has 2 N–H and O–H groups in total. The second-order valence-corrected chi connectivity index (χ2v) is 16.7. The van der Waals surface area contributed by atoms with Crippen LogP contribution in [0.2, 0.25) is 5.02 Å². The van der Waals surface area contributed by atoms with Gasteiger partial charge in [0.2, 0.25) is 5.95 Å². The summed E-state index contributed by atoms with van der Waals surface area (Å²) >= 11 is 6.44. The van der Waals surface area contributed by atoms with Crippen LogP contribution in [0.15, 0.2) is 48.7 Å². The van der Waals surface area contributed by atoms with Gasteiger partial charge in [-0.3, -0.25) is 4.90 Å². The number of amides is 1. The second-order valence-electron chi connectivity index (χ2n) is 13.1. The minimum atomic E-state index is -2.53. The highest BCUT2D eigenvalue weighted by atomic mass is 35.5. The van der Waals surface area contributed by atoms with Gasteiger partial charge in [-0.2, -0.15) is 4.98 Å². The summed E-state index contributed by atoms with van der Waals surface area (Å²) in [5, 5.41) is 7.57. The summed E-state index contributed by atoms with van der Waals surface area (Å²) < 4.78 is 24.1. The van der Waals surface area contributed by atoms with Crippen molar-refractivity contribution in [1.82, 2.24) is 19.8 Å². The molecule has 248 valence electrons. The van der Waals surface area contributed by atoms with Crippen LogP contribution in [0.4, 0.5) is 33.6 Å². The Bertz CT molecular complexity index is 1580. The molecule has 0 saturated carbocycles. The van der Waals surface area contributed by atoms with Crippen LogP contribution in [0.25, 0.3) is 0 Å². The lowest BCUT2D eigenvalue weighted by Crippen LogP contribution is -2.55. The van der Waals surface area contributed by atoms with Crippen molar-refractivity contribution in [2.75, 3.05) is 75.2 Å². The molecule has 46 heavy (non-hydrogen) atoms. The molecular formula is C33H45ClN7O4P. The number of benzene rings is 2. The van der Waals surface area contributed by atoms with Gasteiger partial charge in [-0.05, 0) is 71.2 Å². The molecule has 3 aromatic rings. The van der Waals surface area contributed by atoms with Crippen molar-refractivity contribution in [3.63, 3.8) is 0 Å². The topological polar surface area (TPSA) is 112 Å². The van der Waals surface area contributed by atoms with E-state index in [1.807, 2.05) is 62.1 Å². The molecule has 0 bridgehead atoms. The quantitative estimate of drug-likeness (QED) is 0.262. The predicted molar refractivity (Wildman–Crippen MR) is 187 cm³/mol. The summed E-state index contributed by atoms with van der Waals surface area (Å²) in [5.41, 5.74) is 2.03. The Morgan fingerprint density at radius 1 is 0.978 bits per heavy atom. The lowest BCUT2D eigenvalue weighted by Gasteiger charge is -2.43. The average Bonchev–Trinajstić information content (AvgIpc) is 3.02. The third kappa shape index (κ3) is 8.43. The van der Waals surface area contributed by atoms with E-state index in [-0.39, 0.29) is 6.09 Å².